The van der Waals surface area contributed by atoms with Crippen LogP contribution in [0.5, 0.6) is 0 Å². The van der Waals surface area contributed by atoms with Gasteiger partial charge in [0.05, 0.1) is 0 Å². The lowest BCUT2D eigenvalue weighted by atomic mass is 9.98. The minimum Gasteiger partial charge on any atom is -0.342 e. The lowest BCUT2D eigenvalue weighted by Gasteiger charge is -2.31. The highest BCUT2D eigenvalue weighted by Crippen LogP contribution is 2.23. The Morgan fingerprint density at radius 1 is 1.47 bits per heavy atom. The Morgan fingerprint density at radius 2 is 2.33 bits per heavy atom. The maximum atomic E-state index is 12.0. The van der Waals surface area contributed by atoms with Crippen molar-refractivity contribution in [2.75, 3.05) is 13.1 Å². The molecule has 15 heavy (non-hydrogen) atoms. The third-order valence-electron chi connectivity index (χ3n) is 3.56. The van der Waals surface area contributed by atoms with E-state index in [0.717, 1.165) is 25.9 Å². The Hall–Kier alpha value is -0.790. The molecule has 1 fully saturated rings. The topological polar surface area (TPSA) is 20.3 Å². The average molecular weight is 207 g/mol. The largest absolute Gasteiger partial charge is 0.342 e. The zero-order valence-corrected chi connectivity index (χ0v) is 9.61. The van der Waals surface area contributed by atoms with Crippen LogP contribution in [-0.4, -0.2) is 23.9 Å². The number of piperidine rings is 1. The van der Waals surface area contributed by atoms with Gasteiger partial charge in [-0.05, 0) is 37.5 Å². The van der Waals surface area contributed by atoms with Crippen LogP contribution >= 0.6 is 0 Å². The summed E-state index contributed by atoms with van der Waals surface area (Å²) in [5.74, 6) is 1.59. The second-order valence-electron chi connectivity index (χ2n) is 5.06. The molecule has 0 aromatic heterocycles. The van der Waals surface area contributed by atoms with Gasteiger partial charge in [0.25, 0.3) is 0 Å². The minimum absolute atomic E-state index is 0.373. The van der Waals surface area contributed by atoms with E-state index in [1.807, 2.05) is 0 Å². The number of nitrogens with zero attached hydrogens (tertiary/aromatic N) is 1. The summed E-state index contributed by atoms with van der Waals surface area (Å²) in [6, 6.07) is 0. The molecule has 0 aromatic rings. The van der Waals surface area contributed by atoms with E-state index in [-0.39, 0.29) is 0 Å². The predicted molar refractivity (Wildman–Crippen MR) is 61.5 cm³/mol. The smallest absolute Gasteiger partial charge is 0.223 e. The molecule has 2 atom stereocenters. The molecule has 2 aliphatic rings. The number of hydrogen-bond acceptors (Lipinski definition) is 1. The molecule has 1 aliphatic carbocycles. The lowest BCUT2D eigenvalue weighted by Crippen LogP contribution is -2.39. The van der Waals surface area contributed by atoms with Crippen LogP contribution in [-0.2, 0) is 4.79 Å². The van der Waals surface area contributed by atoms with Crippen molar-refractivity contribution in [3.63, 3.8) is 0 Å². The highest BCUT2D eigenvalue weighted by molar-refractivity contribution is 5.76. The summed E-state index contributed by atoms with van der Waals surface area (Å²) in [5, 5.41) is 0. The number of amides is 1. The summed E-state index contributed by atoms with van der Waals surface area (Å²) in [6.45, 7) is 4.21. The molecule has 1 heterocycles. The van der Waals surface area contributed by atoms with Crippen molar-refractivity contribution in [3.8, 4) is 0 Å². The molecule has 0 spiro atoms. The Morgan fingerprint density at radius 3 is 3.00 bits per heavy atom. The minimum atomic E-state index is 0.373. The van der Waals surface area contributed by atoms with Crippen molar-refractivity contribution in [1.82, 2.24) is 4.90 Å². The van der Waals surface area contributed by atoms with Crippen molar-refractivity contribution >= 4 is 5.91 Å². The van der Waals surface area contributed by atoms with Crippen LogP contribution in [0.1, 0.15) is 39.0 Å². The van der Waals surface area contributed by atoms with Gasteiger partial charge in [-0.2, -0.15) is 0 Å². The normalized spacial score (nSPS) is 30.9. The molecule has 2 nitrogen and oxygen atoms in total. The first-order valence-corrected chi connectivity index (χ1v) is 6.20. The average Bonchev–Trinajstić information content (AvgIpc) is 2.70. The molecular formula is C13H21NO. The number of carbonyl (C=O) groups excluding carboxylic acids is 1. The van der Waals surface area contributed by atoms with Crippen molar-refractivity contribution in [3.05, 3.63) is 12.2 Å². The van der Waals surface area contributed by atoms with Crippen LogP contribution in [0.4, 0.5) is 0 Å². The number of likely N-dealkylation sites (tertiary alicyclic amines) is 1. The van der Waals surface area contributed by atoms with E-state index in [2.05, 4.69) is 24.0 Å². The lowest BCUT2D eigenvalue weighted by molar-refractivity contribution is -0.133. The zero-order chi connectivity index (χ0) is 10.7. The Kier molecular flexibility index (Phi) is 3.45. The monoisotopic (exact) mass is 207 g/mol. The standard InChI is InChI=1S/C13H21NO/c1-11-5-4-8-14(10-11)13(15)9-12-6-2-3-7-12/h2,6,11-12H,3-5,7-10H2,1H3. The van der Waals surface area contributed by atoms with Crippen molar-refractivity contribution in [2.45, 2.75) is 39.0 Å². The van der Waals surface area contributed by atoms with Crippen LogP contribution in [0.2, 0.25) is 0 Å². The molecule has 84 valence electrons. The zero-order valence-electron chi connectivity index (χ0n) is 9.61. The van der Waals surface area contributed by atoms with E-state index < -0.39 is 0 Å². The van der Waals surface area contributed by atoms with Crippen LogP contribution in [0.15, 0.2) is 12.2 Å². The third kappa shape index (κ3) is 2.83. The molecule has 1 amide bonds. The molecule has 0 radical (unpaired) electrons. The quantitative estimate of drug-likeness (QED) is 0.637. The highest BCUT2D eigenvalue weighted by atomic mass is 16.2. The third-order valence-corrected chi connectivity index (χ3v) is 3.56. The van der Waals surface area contributed by atoms with E-state index in [0.29, 0.717) is 17.7 Å². The summed E-state index contributed by atoms with van der Waals surface area (Å²) >= 11 is 0. The van der Waals surface area contributed by atoms with Gasteiger partial charge in [-0.15, -0.1) is 0 Å². The SMILES string of the molecule is CC1CCCN(C(=O)CC2C=CCC2)C1. The molecule has 1 saturated heterocycles. The Balaban J connectivity index is 1.81. The molecule has 0 saturated carbocycles. The molecule has 0 bridgehead atoms. The van der Waals surface area contributed by atoms with E-state index >= 15 is 0 Å². The fraction of sp³-hybridized carbons (Fsp3) is 0.769. The summed E-state index contributed by atoms with van der Waals surface area (Å²) in [6.07, 6.45) is 9.97. The van der Waals surface area contributed by atoms with Crippen molar-refractivity contribution in [1.29, 1.82) is 0 Å². The van der Waals surface area contributed by atoms with Crippen molar-refractivity contribution in [2.24, 2.45) is 11.8 Å². The fourth-order valence-electron chi connectivity index (χ4n) is 2.63. The molecule has 0 aromatic carbocycles. The Labute approximate surface area is 92.3 Å². The molecule has 2 rings (SSSR count). The van der Waals surface area contributed by atoms with E-state index in [9.17, 15) is 4.79 Å². The highest BCUT2D eigenvalue weighted by Gasteiger charge is 2.23. The van der Waals surface area contributed by atoms with Crippen molar-refractivity contribution < 1.29 is 4.79 Å². The van der Waals surface area contributed by atoms with Gasteiger partial charge in [0, 0.05) is 19.5 Å². The maximum Gasteiger partial charge on any atom is 0.223 e. The first kappa shape index (κ1) is 10.7. The van der Waals surface area contributed by atoms with Gasteiger partial charge in [0.2, 0.25) is 5.91 Å². The Bertz CT molecular complexity index is 259. The number of allylic oxidation sites excluding steroid dienone is 2. The summed E-state index contributed by atoms with van der Waals surface area (Å²) in [4.78, 5) is 14.1. The summed E-state index contributed by atoms with van der Waals surface area (Å²) in [7, 11) is 0. The van der Waals surface area contributed by atoms with Crippen LogP contribution in [0.25, 0.3) is 0 Å². The van der Waals surface area contributed by atoms with Gasteiger partial charge in [0.15, 0.2) is 0 Å². The first-order valence-electron chi connectivity index (χ1n) is 6.20. The van der Waals surface area contributed by atoms with Gasteiger partial charge in [-0.3, -0.25) is 4.79 Å². The van der Waals surface area contributed by atoms with E-state index in [1.165, 1.54) is 19.3 Å². The first-order chi connectivity index (χ1) is 7.25. The molecular weight excluding hydrogens is 186 g/mol. The molecule has 1 aliphatic heterocycles. The van der Waals surface area contributed by atoms with Gasteiger partial charge in [-0.25, -0.2) is 0 Å². The summed E-state index contributed by atoms with van der Waals surface area (Å²) < 4.78 is 0. The van der Waals surface area contributed by atoms with E-state index in [4.69, 9.17) is 0 Å². The van der Waals surface area contributed by atoms with Gasteiger partial charge < -0.3 is 4.90 Å². The second-order valence-corrected chi connectivity index (χ2v) is 5.06. The molecule has 2 heteroatoms. The number of hydrogen-bond donors (Lipinski definition) is 0. The molecule has 0 N–H and O–H groups in total. The van der Waals surface area contributed by atoms with Crippen LogP contribution in [0.3, 0.4) is 0 Å². The van der Waals surface area contributed by atoms with Gasteiger partial charge >= 0.3 is 0 Å². The second kappa shape index (κ2) is 4.82. The number of carbonyl (C=O) groups is 1. The fourth-order valence-corrected chi connectivity index (χ4v) is 2.63. The van der Waals surface area contributed by atoms with Crippen LogP contribution < -0.4 is 0 Å². The maximum absolute atomic E-state index is 12.0. The summed E-state index contributed by atoms with van der Waals surface area (Å²) in [5.41, 5.74) is 0. The predicted octanol–water partition coefficient (Wildman–Crippen LogP) is 2.60. The van der Waals surface area contributed by atoms with E-state index in [1.54, 1.807) is 0 Å². The van der Waals surface area contributed by atoms with Gasteiger partial charge in [0.1, 0.15) is 0 Å². The van der Waals surface area contributed by atoms with Gasteiger partial charge in [-0.1, -0.05) is 19.1 Å². The van der Waals surface area contributed by atoms with Crippen LogP contribution in [0, 0.1) is 11.8 Å². The number of rotatable bonds is 2. The molecule has 2 unspecified atom stereocenters.